The zero-order chi connectivity index (χ0) is 21.1. The van der Waals surface area contributed by atoms with Gasteiger partial charge in [0.1, 0.15) is 11.5 Å². The predicted molar refractivity (Wildman–Crippen MR) is 115 cm³/mol. The molecule has 0 unspecified atom stereocenters. The van der Waals surface area contributed by atoms with E-state index in [1.165, 1.54) is 12.1 Å². The third-order valence-electron chi connectivity index (χ3n) is 4.13. The first-order chi connectivity index (χ1) is 14.0. The Kier molecular flexibility index (Phi) is 8.75. The van der Waals surface area contributed by atoms with Crippen LogP contribution in [0.4, 0.5) is 11.4 Å². The van der Waals surface area contributed by atoms with Crippen LogP contribution in [0.3, 0.4) is 0 Å². The van der Waals surface area contributed by atoms with Gasteiger partial charge in [0, 0.05) is 24.7 Å². The van der Waals surface area contributed by atoms with Gasteiger partial charge in [0.05, 0.1) is 23.8 Å². The molecule has 0 radical (unpaired) electrons. The Morgan fingerprint density at radius 2 is 1.83 bits per heavy atom. The molecule has 8 nitrogen and oxygen atoms in total. The molecule has 156 valence electrons. The molecule has 0 bridgehead atoms. The minimum absolute atomic E-state index is 0.108. The number of nitro groups is 1. The molecule has 0 aliphatic rings. The van der Waals surface area contributed by atoms with Crippen molar-refractivity contribution in [2.24, 2.45) is 10.7 Å². The monoisotopic (exact) mass is 400 g/mol. The molecule has 0 heterocycles. The summed E-state index contributed by atoms with van der Waals surface area (Å²) in [7, 11) is 0. The van der Waals surface area contributed by atoms with Crippen molar-refractivity contribution in [1.29, 1.82) is 0 Å². The van der Waals surface area contributed by atoms with Crippen molar-refractivity contribution in [2.75, 3.05) is 25.1 Å². The number of nitrogens with one attached hydrogen (secondary N) is 1. The summed E-state index contributed by atoms with van der Waals surface area (Å²) in [6.45, 7) is 5.55. The van der Waals surface area contributed by atoms with Gasteiger partial charge in [-0.1, -0.05) is 12.1 Å². The summed E-state index contributed by atoms with van der Waals surface area (Å²) in [4.78, 5) is 14.6. The molecular weight excluding hydrogens is 372 g/mol. The molecule has 3 N–H and O–H groups in total. The number of aliphatic imine (C=N–C) groups is 1. The third kappa shape index (κ3) is 7.33. The van der Waals surface area contributed by atoms with Crippen molar-refractivity contribution < 1.29 is 14.4 Å². The molecule has 2 aromatic carbocycles. The number of rotatable bonds is 11. The van der Waals surface area contributed by atoms with Crippen LogP contribution in [0.5, 0.6) is 11.5 Å². The third-order valence-corrected chi connectivity index (χ3v) is 4.13. The lowest BCUT2D eigenvalue weighted by Gasteiger charge is -2.14. The van der Waals surface area contributed by atoms with Gasteiger partial charge in [0.15, 0.2) is 5.96 Å². The number of non-ortho nitro benzene ring substituents is 1. The molecule has 29 heavy (non-hydrogen) atoms. The molecule has 0 saturated carbocycles. The van der Waals surface area contributed by atoms with Crippen molar-refractivity contribution in [3.05, 3.63) is 58.1 Å². The van der Waals surface area contributed by atoms with Crippen LogP contribution in [0.1, 0.15) is 32.3 Å². The van der Waals surface area contributed by atoms with Gasteiger partial charge >= 0.3 is 0 Å². The minimum atomic E-state index is -0.394. The van der Waals surface area contributed by atoms with Gasteiger partial charge < -0.3 is 20.5 Å². The number of nitrogens with two attached hydrogens (primary N) is 1. The smallest absolute Gasteiger partial charge is 0.269 e. The SMILES string of the molecule is CCOc1ccc(OCC)c(NC(N)=NCCCCc2ccc([N+](=O)[O-])cc2)c1. The van der Waals surface area contributed by atoms with Crippen LogP contribution in [0.2, 0.25) is 0 Å². The van der Waals surface area contributed by atoms with E-state index in [0.29, 0.717) is 37.2 Å². The van der Waals surface area contributed by atoms with Crippen molar-refractivity contribution >= 4 is 17.3 Å². The summed E-state index contributed by atoms with van der Waals surface area (Å²) in [6.07, 6.45) is 2.61. The highest BCUT2D eigenvalue weighted by atomic mass is 16.6. The van der Waals surface area contributed by atoms with E-state index in [1.54, 1.807) is 12.1 Å². The number of anilines is 1. The second kappa shape index (κ2) is 11.5. The van der Waals surface area contributed by atoms with Crippen LogP contribution in [0.15, 0.2) is 47.5 Å². The Morgan fingerprint density at radius 1 is 1.10 bits per heavy atom. The van der Waals surface area contributed by atoms with Gasteiger partial charge in [-0.3, -0.25) is 15.1 Å². The second-order valence-electron chi connectivity index (χ2n) is 6.30. The first-order valence-corrected chi connectivity index (χ1v) is 9.73. The molecule has 0 atom stereocenters. The van der Waals surface area contributed by atoms with E-state index in [4.69, 9.17) is 15.2 Å². The van der Waals surface area contributed by atoms with E-state index in [9.17, 15) is 10.1 Å². The maximum absolute atomic E-state index is 10.7. The van der Waals surface area contributed by atoms with Gasteiger partial charge in [-0.25, -0.2) is 0 Å². The predicted octanol–water partition coefficient (Wildman–Crippen LogP) is 4.14. The van der Waals surface area contributed by atoms with E-state index in [2.05, 4.69) is 10.3 Å². The quantitative estimate of drug-likeness (QED) is 0.193. The fraction of sp³-hybridized carbons (Fsp3) is 0.381. The van der Waals surface area contributed by atoms with Gasteiger partial charge in [0.25, 0.3) is 5.69 Å². The Hall–Kier alpha value is -3.29. The van der Waals surface area contributed by atoms with E-state index in [-0.39, 0.29) is 5.69 Å². The molecule has 0 amide bonds. The molecule has 0 spiro atoms. The number of hydrogen-bond acceptors (Lipinski definition) is 5. The van der Waals surface area contributed by atoms with Gasteiger partial charge in [-0.2, -0.15) is 0 Å². The highest BCUT2D eigenvalue weighted by Gasteiger charge is 2.07. The number of unbranched alkanes of at least 4 members (excludes halogenated alkanes) is 1. The molecule has 0 saturated heterocycles. The zero-order valence-corrected chi connectivity index (χ0v) is 16.9. The zero-order valence-electron chi connectivity index (χ0n) is 16.9. The van der Waals surface area contributed by atoms with Gasteiger partial charge in [-0.15, -0.1) is 0 Å². The number of guanidine groups is 1. The van der Waals surface area contributed by atoms with E-state index >= 15 is 0 Å². The Labute approximate surface area is 170 Å². The van der Waals surface area contributed by atoms with Crippen molar-refractivity contribution in [1.82, 2.24) is 0 Å². The van der Waals surface area contributed by atoms with Crippen LogP contribution in [-0.2, 0) is 6.42 Å². The summed E-state index contributed by atoms with van der Waals surface area (Å²) >= 11 is 0. The normalized spacial score (nSPS) is 11.2. The average molecular weight is 400 g/mol. The molecule has 2 aromatic rings. The number of nitro benzene ring substituents is 1. The summed E-state index contributed by atoms with van der Waals surface area (Å²) < 4.78 is 11.1. The topological polar surface area (TPSA) is 112 Å². The van der Waals surface area contributed by atoms with Crippen molar-refractivity contribution in [3.63, 3.8) is 0 Å². The first-order valence-electron chi connectivity index (χ1n) is 9.73. The minimum Gasteiger partial charge on any atom is -0.494 e. The average Bonchev–Trinajstić information content (AvgIpc) is 2.70. The molecule has 0 aliphatic heterocycles. The number of nitrogens with zero attached hydrogens (tertiary/aromatic N) is 2. The largest absolute Gasteiger partial charge is 0.494 e. The van der Waals surface area contributed by atoms with E-state index < -0.39 is 4.92 Å². The molecular formula is C21H28N4O4. The van der Waals surface area contributed by atoms with E-state index in [0.717, 1.165) is 30.6 Å². The fourth-order valence-corrected chi connectivity index (χ4v) is 2.75. The van der Waals surface area contributed by atoms with Crippen LogP contribution in [0, 0.1) is 10.1 Å². The summed E-state index contributed by atoms with van der Waals surface area (Å²) in [5.41, 5.74) is 7.90. The highest BCUT2D eigenvalue weighted by Crippen LogP contribution is 2.29. The van der Waals surface area contributed by atoms with Crippen LogP contribution >= 0.6 is 0 Å². The van der Waals surface area contributed by atoms with Crippen LogP contribution < -0.4 is 20.5 Å². The van der Waals surface area contributed by atoms with Crippen molar-refractivity contribution in [3.8, 4) is 11.5 Å². The van der Waals surface area contributed by atoms with Gasteiger partial charge in [-0.05, 0) is 50.8 Å². The standard InChI is InChI=1S/C21H28N4O4/c1-3-28-18-12-13-20(29-4-2)19(15-18)24-21(22)23-14-6-5-7-16-8-10-17(11-9-16)25(26)27/h8-13,15H,3-7,14H2,1-2H3,(H3,22,23,24). The Morgan fingerprint density at radius 3 is 2.48 bits per heavy atom. The summed E-state index contributed by atoms with van der Waals surface area (Å²) in [5.74, 6) is 1.73. The lowest BCUT2D eigenvalue weighted by Crippen LogP contribution is -2.23. The van der Waals surface area contributed by atoms with Crippen LogP contribution in [-0.4, -0.2) is 30.6 Å². The molecule has 0 aromatic heterocycles. The lowest BCUT2D eigenvalue weighted by molar-refractivity contribution is -0.384. The molecule has 0 aliphatic carbocycles. The van der Waals surface area contributed by atoms with E-state index in [1.807, 2.05) is 32.0 Å². The van der Waals surface area contributed by atoms with Gasteiger partial charge in [0.2, 0.25) is 0 Å². The number of hydrogen-bond donors (Lipinski definition) is 2. The maximum atomic E-state index is 10.7. The summed E-state index contributed by atoms with van der Waals surface area (Å²) in [5, 5.41) is 13.8. The fourth-order valence-electron chi connectivity index (χ4n) is 2.75. The Balaban J connectivity index is 1.83. The van der Waals surface area contributed by atoms with Crippen LogP contribution in [0.25, 0.3) is 0 Å². The lowest BCUT2D eigenvalue weighted by atomic mass is 10.1. The molecule has 8 heteroatoms. The first kappa shape index (κ1) is 22.0. The second-order valence-corrected chi connectivity index (χ2v) is 6.30. The Bertz CT molecular complexity index is 822. The summed E-state index contributed by atoms with van der Waals surface area (Å²) in [6, 6.07) is 12.2. The molecule has 0 fully saturated rings. The molecule has 2 rings (SSSR count). The number of aryl methyl sites for hydroxylation is 1. The van der Waals surface area contributed by atoms with Crippen molar-refractivity contribution in [2.45, 2.75) is 33.1 Å². The maximum Gasteiger partial charge on any atom is 0.269 e. The highest BCUT2D eigenvalue weighted by molar-refractivity contribution is 5.94. The number of benzene rings is 2. The number of ether oxygens (including phenoxy) is 2.